The largest absolute Gasteiger partial charge is 0.459 e. The van der Waals surface area contributed by atoms with E-state index >= 15 is 0 Å². The third kappa shape index (κ3) is 4.09. The number of carbonyl (C=O) groups excluding carboxylic acids is 4. The van der Waals surface area contributed by atoms with E-state index in [-0.39, 0.29) is 24.9 Å². The lowest BCUT2D eigenvalue weighted by Crippen LogP contribution is -2.44. The number of thioether (sulfide) groups is 1. The molecule has 2 unspecified atom stereocenters. The first-order chi connectivity index (χ1) is 14.5. The molecule has 154 valence electrons. The number of ether oxygens (including phenoxy) is 1. The van der Waals surface area contributed by atoms with Gasteiger partial charge in [0.1, 0.15) is 6.10 Å². The van der Waals surface area contributed by atoms with Crippen LogP contribution in [0.4, 0.5) is 0 Å². The lowest BCUT2D eigenvalue weighted by molar-refractivity contribution is -0.148. The molecule has 2 aromatic rings. The van der Waals surface area contributed by atoms with Crippen LogP contribution >= 0.6 is 11.8 Å². The zero-order valence-electron chi connectivity index (χ0n) is 16.1. The molecule has 2 aromatic carbocycles. The number of hydrogen-bond donors (Lipinski definition) is 1. The predicted molar refractivity (Wildman–Crippen MR) is 111 cm³/mol. The monoisotopic (exact) mass is 424 g/mol. The number of fused-ring (bicyclic) bond motifs is 1. The van der Waals surface area contributed by atoms with Gasteiger partial charge in [-0.3, -0.25) is 24.1 Å². The summed E-state index contributed by atoms with van der Waals surface area (Å²) in [6, 6.07) is 15.2. The molecule has 2 atom stereocenters. The molecule has 1 N–H and O–H groups in total. The minimum Gasteiger partial charge on any atom is -0.459 e. The number of benzene rings is 2. The maximum absolute atomic E-state index is 12.4. The summed E-state index contributed by atoms with van der Waals surface area (Å²) in [5.41, 5.74) is 1.25. The Hall–Kier alpha value is -3.13. The molecule has 8 heteroatoms. The highest BCUT2D eigenvalue weighted by Crippen LogP contribution is 2.24. The van der Waals surface area contributed by atoms with Crippen molar-refractivity contribution in [1.29, 1.82) is 0 Å². The number of esters is 1. The van der Waals surface area contributed by atoms with Crippen LogP contribution in [0.5, 0.6) is 0 Å². The summed E-state index contributed by atoms with van der Waals surface area (Å²) in [5.74, 6) is -0.276. The van der Waals surface area contributed by atoms with Crippen molar-refractivity contribution in [3.05, 3.63) is 71.3 Å². The van der Waals surface area contributed by atoms with E-state index in [1.165, 1.54) is 0 Å². The highest BCUT2D eigenvalue weighted by Gasteiger charge is 2.36. The van der Waals surface area contributed by atoms with Gasteiger partial charge in [-0.05, 0) is 24.3 Å². The summed E-state index contributed by atoms with van der Waals surface area (Å²) in [7, 11) is 0. The van der Waals surface area contributed by atoms with Crippen molar-refractivity contribution in [2.45, 2.75) is 18.6 Å². The van der Waals surface area contributed by atoms with Crippen molar-refractivity contribution < 1.29 is 23.9 Å². The number of nitrogens with one attached hydrogen (secondary N) is 1. The molecular weight excluding hydrogens is 404 g/mol. The van der Waals surface area contributed by atoms with Gasteiger partial charge in [-0.1, -0.05) is 30.3 Å². The van der Waals surface area contributed by atoms with Crippen LogP contribution in [-0.4, -0.2) is 58.8 Å². The average Bonchev–Trinajstić information content (AvgIpc) is 3.29. The fraction of sp³-hybridized carbons (Fsp3) is 0.273. The molecule has 4 rings (SSSR count). The second kappa shape index (κ2) is 8.71. The van der Waals surface area contributed by atoms with E-state index in [4.69, 9.17) is 4.74 Å². The summed E-state index contributed by atoms with van der Waals surface area (Å²) in [4.78, 5) is 50.5. The molecule has 0 spiro atoms. The average molecular weight is 424 g/mol. The Labute approximate surface area is 177 Å². The molecular formula is C22H20N2O5S. The van der Waals surface area contributed by atoms with Crippen molar-refractivity contribution in [2.75, 3.05) is 18.1 Å². The highest BCUT2D eigenvalue weighted by atomic mass is 32.2. The van der Waals surface area contributed by atoms with Gasteiger partial charge in [-0.25, -0.2) is 0 Å². The van der Waals surface area contributed by atoms with Gasteiger partial charge in [0, 0.05) is 23.6 Å². The van der Waals surface area contributed by atoms with Gasteiger partial charge in [-0.15, -0.1) is 0 Å². The molecule has 0 radical (unpaired) electrons. The van der Waals surface area contributed by atoms with Gasteiger partial charge in [-0.2, -0.15) is 11.8 Å². The van der Waals surface area contributed by atoms with Crippen LogP contribution in [0.3, 0.4) is 0 Å². The van der Waals surface area contributed by atoms with E-state index in [9.17, 15) is 19.2 Å². The Morgan fingerprint density at radius 3 is 2.27 bits per heavy atom. The zero-order chi connectivity index (χ0) is 21.1. The van der Waals surface area contributed by atoms with Crippen LogP contribution in [-0.2, 0) is 9.53 Å². The maximum atomic E-state index is 12.4. The maximum Gasteiger partial charge on any atom is 0.307 e. The Bertz CT molecular complexity index is 959. The van der Waals surface area contributed by atoms with Crippen molar-refractivity contribution >= 4 is 35.5 Å². The topological polar surface area (TPSA) is 92.8 Å². The first-order valence-corrected chi connectivity index (χ1v) is 10.8. The number of rotatable bonds is 6. The number of nitrogens with zero attached hydrogens (tertiary/aromatic N) is 1. The van der Waals surface area contributed by atoms with E-state index in [0.717, 1.165) is 4.90 Å². The van der Waals surface area contributed by atoms with E-state index in [0.29, 0.717) is 28.2 Å². The van der Waals surface area contributed by atoms with Crippen LogP contribution in [0.25, 0.3) is 0 Å². The van der Waals surface area contributed by atoms with Gasteiger partial charge < -0.3 is 10.1 Å². The van der Waals surface area contributed by atoms with E-state index in [1.807, 2.05) is 6.07 Å². The molecule has 2 aliphatic rings. The molecule has 2 heterocycles. The number of carbonyl (C=O) groups is 4. The van der Waals surface area contributed by atoms with Crippen LogP contribution in [0.2, 0.25) is 0 Å². The van der Waals surface area contributed by atoms with Crippen LogP contribution < -0.4 is 5.32 Å². The van der Waals surface area contributed by atoms with E-state index < -0.39 is 23.9 Å². The normalized spacial score (nSPS) is 20.2. The second-order valence-electron chi connectivity index (χ2n) is 7.07. The third-order valence-corrected chi connectivity index (χ3v) is 6.24. The molecule has 1 saturated heterocycles. The molecule has 0 aliphatic carbocycles. The highest BCUT2D eigenvalue weighted by molar-refractivity contribution is 7.99. The van der Waals surface area contributed by atoms with Crippen LogP contribution in [0, 0.1) is 0 Å². The lowest BCUT2D eigenvalue weighted by Gasteiger charge is -2.21. The fourth-order valence-corrected chi connectivity index (χ4v) is 4.72. The summed E-state index contributed by atoms with van der Waals surface area (Å²) < 4.78 is 5.54. The molecule has 7 nitrogen and oxygen atoms in total. The predicted octanol–water partition coefficient (Wildman–Crippen LogP) is 2.13. The van der Waals surface area contributed by atoms with Crippen molar-refractivity contribution in [1.82, 2.24) is 10.2 Å². The molecule has 2 aliphatic heterocycles. The van der Waals surface area contributed by atoms with Crippen molar-refractivity contribution in [3.8, 4) is 0 Å². The van der Waals surface area contributed by atoms with Crippen molar-refractivity contribution in [2.24, 2.45) is 0 Å². The van der Waals surface area contributed by atoms with Gasteiger partial charge in [0.15, 0.2) is 0 Å². The summed E-state index contributed by atoms with van der Waals surface area (Å²) in [5, 5.41) is 2.92. The lowest BCUT2D eigenvalue weighted by atomic mass is 10.1. The van der Waals surface area contributed by atoms with Crippen LogP contribution in [0.1, 0.15) is 37.5 Å². The Kier molecular flexibility index (Phi) is 5.85. The SMILES string of the molecule is O=C(CCN1C(=O)c2ccccc2C1=O)OC1CSCC1NC(=O)c1ccccc1. The van der Waals surface area contributed by atoms with Gasteiger partial charge in [0.2, 0.25) is 0 Å². The van der Waals surface area contributed by atoms with Gasteiger partial charge in [0.05, 0.1) is 23.6 Å². The molecule has 3 amide bonds. The molecule has 0 bridgehead atoms. The van der Waals surface area contributed by atoms with E-state index in [1.54, 1.807) is 60.3 Å². The Morgan fingerprint density at radius 2 is 1.60 bits per heavy atom. The molecule has 30 heavy (non-hydrogen) atoms. The number of imide groups is 1. The molecule has 1 fully saturated rings. The van der Waals surface area contributed by atoms with Gasteiger partial charge >= 0.3 is 5.97 Å². The zero-order valence-corrected chi connectivity index (χ0v) is 16.9. The quantitative estimate of drug-likeness (QED) is 0.564. The first kappa shape index (κ1) is 20.2. The minimum absolute atomic E-state index is 0.0356. The molecule has 0 aromatic heterocycles. The van der Waals surface area contributed by atoms with Gasteiger partial charge in [0.25, 0.3) is 17.7 Å². The van der Waals surface area contributed by atoms with E-state index in [2.05, 4.69) is 5.32 Å². The summed E-state index contributed by atoms with van der Waals surface area (Å²) >= 11 is 1.59. The minimum atomic E-state index is -0.502. The smallest absolute Gasteiger partial charge is 0.307 e. The van der Waals surface area contributed by atoms with Crippen molar-refractivity contribution in [3.63, 3.8) is 0 Å². The summed E-state index contributed by atoms with van der Waals surface area (Å²) in [6.45, 7) is -0.0356. The third-order valence-electron chi connectivity index (χ3n) is 5.08. The second-order valence-corrected chi connectivity index (χ2v) is 8.14. The molecule has 0 saturated carbocycles. The fourth-order valence-electron chi connectivity index (χ4n) is 3.50. The standard InChI is InChI=1S/C22H20N2O5S/c25-19(10-11-24-21(27)15-8-4-5-9-16(15)22(24)28)29-18-13-30-12-17(18)23-20(26)14-6-2-1-3-7-14/h1-9,17-18H,10-13H2,(H,23,26). The Morgan fingerprint density at radius 1 is 0.967 bits per heavy atom. The summed E-state index contributed by atoms with van der Waals surface area (Å²) in [6.07, 6.45) is -0.538. The number of amides is 3. The Balaban J connectivity index is 1.30. The van der Waals surface area contributed by atoms with Crippen LogP contribution in [0.15, 0.2) is 54.6 Å². The number of hydrogen-bond acceptors (Lipinski definition) is 6. The first-order valence-electron chi connectivity index (χ1n) is 9.63.